The van der Waals surface area contributed by atoms with E-state index in [-0.39, 0.29) is 0 Å². The second-order valence-electron chi connectivity index (χ2n) is 3.94. The molecule has 0 aliphatic carbocycles. The molecule has 5 heteroatoms. The van der Waals surface area contributed by atoms with Crippen LogP contribution in [0, 0.1) is 0 Å². The van der Waals surface area contributed by atoms with Crippen LogP contribution in [0.3, 0.4) is 0 Å². The summed E-state index contributed by atoms with van der Waals surface area (Å²) < 4.78 is 1.91. The number of rotatable bonds is 6. The van der Waals surface area contributed by atoms with Crippen molar-refractivity contribution in [2.45, 2.75) is 29.6 Å². The third kappa shape index (κ3) is 3.85. The maximum Gasteiger partial charge on any atom is 0.0963 e. The lowest BCUT2D eigenvalue weighted by Gasteiger charge is -2.01. The first-order valence-corrected chi connectivity index (χ1v) is 7.91. The lowest BCUT2D eigenvalue weighted by atomic mass is 10.3. The van der Waals surface area contributed by atoms with Crippen LogP contribution in [0.15, 0.2) is 41.4 Å². The van der Waals surface area contributed by atoms with Crippen molar-refractivity contribution in [3.05, 3.63) is 42.2 Å². The molecule has 0 saturated heterocycles. The number of halogens is 1. The van der Waals surface area contributed by atoms with Gasteiger partial charge in [-0.15, -0.1) is 16.9 Å². The second-order valence-corrected chi connectivity index (χ2v) is 6.22. The highest BCUT2D eigenvalue weighted by Gasteiger charge is 2.09. The summed E-state index contributed by atoms with van der Waals surface area (Å²) in [4.78, 5) is 1.61. The Labute approximate surface area is 120 Å². The van der Waals surface area contributed by atoms with E-state index in [0.717, 1.165) is 24.4 Å². The molecule has 0 radical (unpaired) electrons. The molecule has 2 aromatic rings. The van der Waals surface area contributed by atoms with Gasteiger partial charge in [0.1, 0.15) is 0 Å². The fourth-order valence-corrected chi connectivity index (χ4v) is 2.62. The molecule has 3 nitrogen and oxygen atoms in total. The largest absolute Gasteiger partial charge is 0.251 e. The van der Waals surface area contributed by atoms with Gasteiger partial charge in [0.25, 0.3) is 0 Å². The summed E-state index contributed by atoms with van der Waals surface area (Å²) in [5, 5.41) is 8.31. The number of benzene rings is 1. The van der Waals surface area contributed by atoms with Crippen LogP contribution >= 0.6 is 27.7 Å². The van der Waals surface area contributed by atoms with Crippen molar-refractivity contribution in [3.8, 4) is 0 Å². The second kappa shape index (κ2) is 6.95. The SMILES string of the molecule is CCC(Br)c1cn(CCSc2ccccc2)nn1. The van der Waals surface area contributed by atoms with E-state index in [0.29, 0.717) is 4.83 Å². The highest BCUT2D eigenvalue weighted by Crippen LogP contribution is 2.23. The Hall–Kier alpha value is -0.810. The van der Waals surface area contributed by atoms with Crippen LogP contribution in [-0.4, -0.2) is 20.7 Å². The van der Waals surface area contributed by atoms with Crippen LogP contribution in [0.5, 0.6) is 0 Å². The topological polar surface area (TPSA) is 30.7 Å². The van der Waals surface area contributed by atoms with Crippen molar-refractivity contribution in [1.29, 1.82) is 0 Å². The quantitative estimate of drug-likeness (QED) is 0.595. The van der Waals surface area contributed by atoms with E-state index in [1.807, 2.05) is 28.7 Å². The van der Waals surface area contributed by atoms with E-state index in [1.165, 1.54) is 4.90 Å². The van der Waals surface area contributed by atoms with Gasteiger partial charge < -0.3 is 0 Å². The van der Waals surface area contributed by atoms with E-state index in [2.05, 4.69) is 57.4 Å². The predicted molar refractivity (Wildman–Crippen MR) is 79.1 cm³/mol. The minimum Gasteiger partial charge on any atom is -0.251 e. The van der Waals surface area contributed by atoms with E-state index >= 15 is 0 Å². The zero-order valence-electron chi connectivity index (χ0n) is 10.3. The summed E-state index contributed by atoms with van der Waals surface area (Å²) in [5.74, 6) is 1.01. The molecule has 0 N–H and O–H groups in total. The molecule has 96 valence electrons. The molecule has 1 atom stereocenters. The molecule has 0 fully saturated rings. The van der Waals surface area contributed by atoms with E-state index < -0.39 is 0 Å². The summed E-state index contributed by atoms with van der Waals surface area (Å²) in [7, 11) is 0. The van der Waals surface area contributed by atoms with Crippen molar-refractivity contribution in [3.63, 3.8) is 0 Å². The first-order valence-electron chi connectivity index (χ1n) is 6.01. The zero-order valence-corrected chi connectivity index (χ0v) is 12.7. The molecule has 1 unspecified atom stereocenters. The Morgan fingerprint density at radius 2 is 2.11 bits per heavy atom. The van der Waals surface area contributed by atoms with Crippen LogP contribution in [0.4, 0.5) is 0 Å². The van der Waals surface area contributed by atoms with Gasteiger partial charge in [-0.25, -0.2) is 0 Å². The minimum atomic E-state index is 0.313. The van der Waals surface area contributed by atoms with Crippen molar-refractivity contribution < 1.29 is 0 Å². The van der Waals surface area contributed by atoms with Crippen LogP contribution < -0.4 is 0 Å². The Morgan fingerprint density at radius 3 is 2.83 bits per heavy atom. The molecule has 0 saturated carbocycles. The zero-order chi connectivity index (χ0) is 12.8. The number of alkyl halides is 1. The van der Waals surface area contributed by atoms with Gasteiger partial charge >= 0.3 is 0 Å². The molecule has 1 heterocycles. The minimum absolute atomic E-state index is 0.313. The molecule has 0 bridgehead atoms. The van der Waals surface area contributed by atoms with Gasteiger partial charge in [0.2, 0.25) is 0 Å². The highest BCUT2D eigenvalue weighted by molar-refractivity contribution is 9.09. The molecule has 1 aromatic heterocycles. The van der Waals surface area contributed by atoms with Crippen LogP contribution in [-0.2, 0) is 6.54 Å². The number of nitrogens with zero attached hydrogens (tertiary/aromatic N) is 3. The molecule has 0 aliphatic rings. The molecule has 0 spiro atoms. The number of hydrogen-bond donors (Lipinski definition) is 0. The molecule has 0 aliphatic heterocycles. The monoisotopic (exact) mass is 325 g/mol. The van der Waals surface area contributed by atoms with E-state index in [1.54, 1.807) is 0 Å². The summed E-state index contributed by atoms with van der Waals surface area (Å²) in [6.07, 6.45) is 3.05. The van der Waals surface area contributed by atoms with Gasteiger partial charge in [-0.1, -0.05) is 46.3 Å². The Kier molecular flexibility index (Phi) is 5.26. The standard InChI is InChI=1S/C13H16BrN3S/c1-2-12(14)13-10-17(16-15-13)8-9-18-11-6-4-3-5-7-11/h3-7,10,12H,2,8-9H2,1H3. The fraction of sp³-hybridized carbons (Fsp3) is 0.385. The molecule has 0 amide bonds. The van der Waals surface area contributed by atoms with Gasteiger partial charge in [0, 0.05) is 16.8 Å². The normalized spacial score (nSPS) is 12.6. The molecule has 2 rings (SSSR count). The van der Waals surface area contributed by atoms with Gasteiger partial charge in [-0.05, 0) is 18.6 Å². The van der Waals surface area contributed by atoms with Crippen LogP contribution in [0.1, 0.15) is 23.9 Å². The van der Waals surface area contributed by atoms with Crippen LogP contribution in [0.25, 0.3) is 0 Å². The third-order valence-corrected chi connectivity index (χ3v) is 4.68. The molecule has 1 aromatic carbocycles. The van der Waals surface area contributed by atoms with Crippen molar-refractivity contribution in [2.24, 2.45) is 0 Å². The smallest absolute Gasteiger partial charge is 0.0963 e. The van der Waals surface area contributed by atoms with Gasteiger partial charge in [0.05, 0.1) is 17.1 Å². The van der Waals surface area contributed by atoms with Crippen LogP contribution in [0.2, 0.25) is 0 Å². The first kappa shape index (κ1) is 13.6. The number of hydrogen-bond acceptors (Lipinski definition) is 3. The molecular formula is C13H16BrN3S. The Balaban J connectivity index is 1.82. The maximum atomic E-state index is 4.17. The number of aryl methyl sites for hydroxylation is 1. The first-order chi connectivity index (χ1) is 8.79. The highest BCUT2D eigenvalue weighted by atomic mass is 79.9. The molecular weight excluding hydrogens is 310 g/mol. The number of thioether (sulfide) groups is 1. The van der Waals surface area contributed by atoms with E-state index in [9.17, 15) is 0 Å². The Morgan fingerprint density at radius 1 is 1.33 bits per heavy atom. The molecule has 18 heavy (non-hydrogen) atoms. The van der Waals surface area contributed by atoms with Gasteiger partial charge in [-0.3, -0.25) is 4.68 Å². The summed E-state index contributed by atoms with van der Waals surface area (Å²) in [6.45, 7) is 3.01. The maximum absolute atomic E-state index is 4.17. The number of aromatic nitrogens is 3. The lowest BCUT2D eigenvalue weighted by molar-refractivity contribution is 0.632. The fourth-order valence-electron chi connectivity index (χ4n) is 1.55. The van der Waals surface area contributed by atoms with E-state index in [4.69, 9.17) is 0 Å². The summed E-state index contributed by atoms with van der Waals surface area (Å²) in [5.41, 5.74) is 1.02. The lowest BCUT2D eigenvalue weighted by Crippen LogP contribution is -2.00. The Bertz CT molecular complexity index is 472. The van der Waals surface area contributed by atoms with Crippen molar-refractivity contribution in [2.75, 3.05) is 5.75 Å². The summed E-state index contributed by atoms with van der Waals surface area (Å²) >= 11 is 5.42. The average molecular weight is 326 g/mol. The van der Waals surface area contributed by atoms with Gasteiger partial charge in [-0.2, -0.15) is 0 Å². The average Bonchev–Trinajstić information content (AvgIpc) is 2.88. The van der Waals surface area contributed by atoms with Crippen molar-refractivity contribution in [1.82, 2.24) is 15.0 Å². The predicted octanol–water partition coefficient (Wildman–Crippen LogP) is 3.92. The van der Waals surface area contributed by atoms with Crippen molar-refractivity contribution >= 4 is 27.7 Å². The summed E-state index contributed by atoms with van der Waals surface area (Å²) in [6, 6.07) is 10.4. The van der Waals surface area contributed by atoms with Gasteiger partial charge in [0.15, 0.2) is 0 Å². The third-order valence-electron chi connectivity index (χ3n) is 2.57.